The van der Waals surface area contributed by atoms with Gasteiger partial charge in [-0.25, -0.2) is 9.97 Å². The van der Waals surface area contributed by atoms with Crippen LogP contribution in [-0.2, 0) is 0 Å². The molecule has 0 aliphatic rings. The minimum Gasteiger partial charge on any atom is -0.228 e. The highest BCUT2D eigenvalue weighted by Gasteiger charge is 2.19. The molecular weight excluding hydrogens is 581 g/mol. The molecule has 2 nitrogen and oxygen atoms in total. The molecule has 2 heteroatoms. The van der Waals surface area contributed by atoms with Gasteiger partial charge in [-0.1, -0.05) is 170 Å². The quantitative estimate of drug-likeness (QED) is 0.143. The van der Waals surface area contributed by atoms with Crippen molar-refractivity contribution >= 4 is 32.3 Å². The molecule has 9 aromatic rings. The summed E-state index contributed by atoms with van der Waals surface area (Å²) in [6.07, 6.45) is 0. The second-order valence-electron chi connectivity index (χ2n) is 12.2. The topological polar surface area (TPSA) is 25.8 Å². The average Bonchev–Trinajstić information content (AvgIpc) is 3.17. The summed E-state index contributed by atoms with van der Waals surface area (Å²) >= 11 is 0. The highest BCUT2D eigenvalue weighted by molar-refractivity contribution is 6.21. The number of fused-ring (bicyclic) bond motifs is 4. The van der Waals surface area contributed by atoms with Crippen LogP contribution < -0.4 is 0 Å². The molecule has 0 atom stereocenters. The van der Waals surface area contributed by atoms with E-state index in [4.69, 9.17) is 9.97 Å². The zero-order valence-electron chi connectivity index (χ0n) is 26.2. The number of hydrogen-bond donors (Lipinski definition) is 0. The Morgan fingerprint density at radius 1 is 0.312 bits per heavy atom. The molecule has 224 valence electrons. The van der Waals surface area contributed by atoms with Crippen molar-refractivity contribution in [2.24, 2.45) is 0 Å². The van der Waals surface area contributed by atoms with Crippen molar-refractivity contribution in [2.75, 3.05) is 0 Å². The lowest BCUT2D eigenvalue weighted by atomic mass is 9.91. The number of benzene rings is 8. The first-order chi connectivity index (χ1) is 23.8. The predicted molar refractivity (Wildman–Crippen MR) is 202 cm³/mol. The molecule has 0 N–H and O–H groups in total. The van der Waals surface area contributed by atoms with E-state index in [9.17, 15) is 0 Å². The maximum absolute atomic E-state index is 5.45. The molecule has 0 saturated carbocycles. The summed E-state index contributed by atoms with van der Waals surface area (Å²) in [6.45, 7) is 0. The Balaban J connectivity index is 1.31. The van der Waals surface area contributed by atoms with Crippen molar-refractivity contribution in [2.45, 2.75) is 0 Å². The SMILES string of the molecule is c1ccc(-c2ccc(-c3ccccc3-c3cc(-c4ccccc4)nc(-c4c5ccccc5cc5ccc6ccccc6c45)n3)cc2)cc1. The molecule has 0 aliphatic heterocycles. The van der Waals surface area contributed by atoms with Gasteiger partial charge in [0.15, 0.2) is 5.82 Å². The Labute approximate surface area is 279 Å². The van der Waals surface area contributed by atoms with E-state index in [1.807, 2.05) is 6.07 Å². The summed E-state index contributed by atoms with van der Waals surface area (Å²) in [5.74, 6) is 0.721. The van der Waals surface area contributed by atoms with E-state index in [1.54, 1.807) is 0 Å². The minimum atomic E-state index is 0.721. The summed E-state index contributed by atoms with van der Waals surface area (Å²) in [5, 5.41) is 7.06. The Hall–Kier alpha value is -6.38. The van der Waals surface area contributed by atoms with Crippen LogP contribution in [0, 0.1) is 0 Å². The average molecular weight is 611 g/mol. The maximum Gasteiger partial charge on any atom is 0.161 e. The minimum absolute atomic E-state index is 0.721. The molecule has 48 heavy (non-hydrogen) atoms. The first kappa shape index (κ1) is 27.9. The van der Waals surface area contributed by atoms with Gasteiger partial charge in [-0.3, -0.25) is 0 Å². The molecular formula is C46H30N2. The van der Waals surface area contributed by atoms with Crippen LogP contribution in [0.25, 0.3) is 88.5 Å². The summed E-state index contributed by atoms with van der Waals surface area (Å²) in [6, 6.07) is 64.4. The lowest BCUT2D eigenvalue weighted by Crippen LogP contribution is -1.98. The smallest absolute Gasteiger partial charge is 0.161 e. The Morgan fingerprint density at radius 2 is 0.854 bits per heavy atom. The van der Waals surface area contributed by atoms with Crippen LogP contribution in [0.3, 0.4) is 0 Å². The third-order valence-electron chi connectivity index (χ3n) is 9.28. The summed E-state index contributed by atoms with van der Waals surface area (Å²) in [7, 11) is 0. The van der Waals surface area contributed by atoms with Gasteiger partial charge < -0.3 is 0 Å². The van der Waals surface area contributed by atoms with E-state index in [2.05, 4.69) is 176 Å². The molecule has 0 bridgehead atoms. The summed E-state index contributed by atoms with van der Waals surface area (Å²) in [5.41, 5.74) is 9.66. The van der Waals surface area contributed by atoms with Crippen molar-refractivity contribution in [1.29, 1.82) is 0 Å². The second kappa shape index (κ2) is 11.8. The lowest BCUT2D eigenvalue weighted by Gasteiger charge is -2.16. The summed E-state index contributed by atoms with van der Waals surface area (Å²) in [4.78, 5) is 10.8. The number of aromatic nitrogens is 2. The Bertz CT molecular complexity index is 2590. The van der Waals surface area contributed by atoms with E-state index in [-0.39, 0.29) is 0 Å². The van der Waals surface area contributed by atoms with Crippen LogP contribution in [0.5, 0.6) is 0 Å². The first-order valence-corrected chi connectivity index (χ1v) is 16.3. The van der Waals surface area contributed by atoms with Crippen LogP contribution in [0.1, 0.15) is 0 Å². The zero-order valence-corrected chi connectivity index (χ0v) is 26.2. The Morgan fingerprint density at radius 3 is 1.62 bits per heavy atom. The van der Waals surface area contributed by atoms with Gasteiger partial charge >= 0.3 is 0 Å². The van der Waals surface area contributed by atoms with Crippen LogP contribution in [0.15, 0.2) is 182 Å². The monoisotopic (exact) mass is 610 g/mol. The first-order valence-electron chi connectivity index (χ1n) is 16.3. The van der Waals surface area contributed by atoms with Gasteiger partial charge in [-0.2, -0.15) is 0 Å². The van der Waals surface area contributed by atoms with E-state index in [0.717, 1.165) is 50.4 Å². The van der Waals surface area contributed by atoms with E-state index in [1.165, 1.54) is 38.1 Å². The van der Waals surface area contributed by atoms with E-state index < -0.39 is 0 Å². The van der Waals surface area contributed by atoms with Gasteiger partial charge in [0.2, 0.25) is 0 Å². The van der Waals surface area contributed by atoms with Gasteiger partial charge in [0.1, 0.15) is 0 Å². The fourth-order valence-corrected chi connectivity index (χ4v) is 6.96. The number of rotatable bonds is 5. The standard InChI is InChI=1S/C46H30N2/c1-3-13-31(14-4-1)32-23-25-34(26-24-32)38-19-11-12-22-41(38)43-30-42(35-16-5-2-6-17-35)47-46(48-43)45-40-21-10-8-18-36(40)29-37-28-27-33-15-7-9-20-39(33)44(37)45/h1-30H. The van der Waals surface area contributed by atoms with Crippen molar-refractivity contribution in [3.05, 3.63) is 182 Å². The fourth-order valence-electron chi connectivity index (χ4n) is 6.96. The molecule has 0 unspecified atom stereocenters. The fraction of sp³-hybridized carbons (Fsp3) is 0. The van der Waals surface area contributed by atoms with Crippen LogP contribution in [0.2, 0.25) is 0 Å². The second-order valence-corrected chi connectivity index (χ2v) is 12.2. The normalized spacial score (nSPS) is 11.3. The molecule has 0 amide bonds. The number of nitrogens with zero attached hydrogens (tertiary/aromatic N) is 2. The third-order valence-corrected chi connectivity index (χ3v) is 9.28. The van der Waals surface area contributed by atoms with E-state index in [0.29, 0.717) is 0 Å². The molecule has 1 aromatic heterocycles. The largest absolute Gasteiger partial charge is 0.228 e. The highest BCUT2D eigenvalue weighted by Crippen LogP contribution is 2.41. The number of hydrogen-bond acceptors (Lipinski definition) is 2. The van der Waals surface area contributed by atoms with Crippen molar-refractivity contribution < 1.29 is 0 Å². The molecule has 0 fully saturated rings. The maximum atomic E-state index is 5.45. The molecule has 1 heterocycles. The summed E-state index contributed by atoms with van der Waals surface area (Å²) < 4.78 is 0. The zero-order chi connectivity index (χ0) is 31.9. The third kappa shape index (κ3) is 4.92. The van der Waals surface area contributed by atoms with Crippen molar-refractivity contribution in [3.63, 3.8) is 0 Å². The molecule has 0 aliphatic carbocycles. The van der Waals surface area contributed by atoms with Crippen LogP contribution >= 0.6 is 0 Å². The van der Waals surface area contributed by atoms with Crippen LogP contribution in [0.4, 0.5) is 0 Å². The van der Waals surface area contributed by atoms with E-state index >= 15 is 0 Å². The van der Waals surface area contributed by atoms with Gasteiger partial charge in [0.05, 0.1) is 11.4 Å². The molecule has 0 radical (unpaired) electrons. The molecule has 0 saturated heterocycles. The van der Waals surface area contributed by atoms with Crippen molar-refractivity contribution in [1.82, 2.24) is 9.97 Å². The predicted octanol–water partition coefficient (Wildman–Crippen LogP) is 12.3. The molecule has 8 aromatic carbocycles. The Kier molecular flexibility index (Phi) is 6.84. The molecule has 0 spiro atoms. The van der Waals surface area contributed by atoms with Gasteiger partial charge in [-0.15, -0.1) is 0 Å². The van der Waals surface area contributed by atoms with Crippen LogP contribution in [-0.4, -0.2) is 9.97 Å². The van der Waals surface area contributed by atoms with Gasteiger partial charge in [-0.05, 0) is 61.3 Å². The highest BCUT2D eigenvalue weighted by atomic mass is 14.9. The van der Waals surface area contributed by atoms with Crippen molar-refractivity contribution in [3.8, 4) is 56.2 Å². The molecule has 9 rings (SSSR count). The van der Waals surface area contributed by atoms with Gasteiger partial charge in [0.25, 0.3) is 0 Å². The van der Waals surface area contributed by atoms with Gasteiger partial charge in [0, 0.05) is 22.1 Å². The lowest BCUT2D eigenvalue weighted by molar-refractivity contribution is 1.19.